The van der Waals surface area contributed by atoms with E-state index in [-0.39, 0.29) is 6.10 Å². The van der Waals surface area contributed by atoms with Crippen LogP contribution >= 0.6 is 15.9 Å². The number of nitrogens with zero attached hydrogens (tertiary/aromatic N) is 1. The van der Waals surface area contributed by atoms with Gasteiger partial charge in [0.15, 0.2) is 0 Å². The zero-order valence-corrected chi connectivity index (χ0v) is 14.4. The number of aromatic nitrogens is 1. The van der Waals surface area contributed by atoms with Crippen LogP contribution in [-0.4, -0.2) is 22.8 Å². The van der Waals surface area contributed by atoms with E-state index in [9.17, 15) is 4.79 Å². The van der Waals surface area contributed by atoms with E-state index < -0.39 is 11.7 Å². The zero-order valence-electron chi connectivity index (χ0n) is 12.8. The van der Waals surface area contributed by atoms with Gasteiger partial charge in [0.1, 0.15) is 16.3 Å². The van der Waals surface area contributed by atoms with Crippen LogP contribution in [0.4, 0.5) is 10.5 Å². The summed E-state index contributed by atoms with van der Waals surface area (Å²) >= 11 is 3.36. The number of rotatable bonds is 3. The fourth-order valence-electron chi connectivity index (χ4n) is 1.84. The van der Waals surface area contributed by atoms with E-state index in [2.05, 4.69) is 26.2 Å². The van der Waals surface area contributed by atoms with Gasteiger partial charge in [0, 0.05) is 5.56 Å². The van der Waals surface area contributed by atoms with E-state index in [1.165, 1.54) is 6.42 Å². The third kappa shape index (κ3) is 4.59. The number of anilines is 1. The maximum Gasteiger partial charge on any atom is 0.412 e. The van der Waals surface area contributed by atoms with Crippen LogP contribution in [0.1, 0.15) is 45.6 Å². The standard InChI is InChI=1S/C15H21BrN2O3/c1-9-8-11(17-14(19)21-15(2,3)4)12(16)18-13(9)20-10-6-5-7-10/h8,10H,5-7H2,1-4H3,(H,17,19). The Balaban J connectivity index is 2.06. The van der Waals surface area contributed by atoms with Crippen LogP contribution in [-0.2, 0) is 4.74 Å². The van der Waals surface area contributed by atoms with Crippen LogP contribution in [0.2, 0.25) is 0 Å². The first kappa shape index (κ1) is 16.1. The van der Waals surface area contributed by atoms with E-state index in [1.54, 1.807) is 0 Å². The van der Waals surface area contributed by atoms with Gasteiger partial charge < -0.3 is 9.47 Å². The monoisotopic (exact) mass is 356 g/mol. The molecule has 1 aromatic heterocycles. The lowest BCUT2D eigenvalue weighted by atomic mass is 9.96. The molecule has 116 valence electrons. The Labute approximate surface area is 133 Å². The molecule has 0 aliphatic heterocycles. The molecule has 1 saturated carbocycles. The normalized spacial score (nSPS) is 15.3. The first-order valence-corrected chi connectivity index (χ1v) is 7.88. The smallest absolute Gasteiger partial charge is 0.412 e. The van der Waals surface area contributed by atoms with Gasteiger partial charge in [-0.1, -0.05) is 0 Å². The summed E-state index contributed by atoms with van der Waals surface area (Å²) in [5.41, 5.74) is 0.922. The predicted molar refractivity (Wildman–Crippen MR) is 84.8 cm³/mol. The van der Waals surface area contributed by atoms with Crippen LogP contribution in [0.3, 0.4) is 0 Å². The minimum atomic E-state index is -0.535. The molecule has 0 aromatic carbocycles. The lowest BCUT2D eigenvalue weighted by Crippen LogP contribution is -2.27. The molecule has 1 N–H and O–H groups in total. The van der Waals surface area contributed by atoms with Crippen molar-refractivity contribution in [3.63, 3.8) is 0 Å². The van der Waals surface area contributed by atoms with E-state index in [0.717, 1.165) is 18.4 Å². The molecule has 1 fully saturated rings. The first-order valence-electron chi connectivity index (χ1n) is 7.08. The van der Waals surface area contributed by atoms with Crippen LogP contribution in [0, 0.1) is 6.92 Å². The predicted octanol–water partition coefficient (Wildman–Crippen LogP) is 4.43. The van der Waals surface area contributed by atoms with Gasteiger partial charge in [-0.3, -0.25) is 5.32 Å². The molecule has 2 rings (SSSR count). The molecule has 0 spiro atoms. The second-order valence-corrected chi connectivity index (χ2v) is 7.00. The summed E-state index contributed by atoms with van der Waals surface area (Å²) in [6.07, 6.45) is 3.14. The molecule has 21 heavy (non-hydrogen) atoms. The number of nitrogens with one attached hydrogen (secondary N) is 1. The second kappa shape index (κ2) is 6.22. The molecule has 6 heteroatoms. The van der Waals surface area contributed by atoms with Gasteiger partial charge in [-0.2, -0.15) is 0 Å². The SMILES string of the molecule is Cc1cc(NC(=O)OC(C)(C)C)c(Br)nc1OC1CCC1. The number of hydrogen-bond donors (Lipinski definition) is 1. The summed E-state index contributed by atoms with van der Waals surface area (Å²) in [4.78, 5) is 16.2. The van der Waals surface area contributed by atoms with E-state index in [4.69, 9.17) is 9.47 Å². The van der Waals surface area contributed by atoms with Crippen molar-refractivity contribution >= 4 is 27.7 Å². The van der Waals surface area contributed by atoms with Crippen molar-refractivity contribution in [1.82, 2.24) is 4.98 Å². The molecule has 1 aliphatic carbocycles. The van der Waals surface area contributed by atoms with Crippen molar-refractivity contribution in [3.05, 3.63) is 16.2 Å². The summed E-state index contributed by atoms with van der Waals surface area (Å²) in [5.74, 6) is 0.612. The van der Waals surface area contributed by atoms with Gasteiger partial charge in [-0.25, -0.2) is 9.78 Å². The Morgan fingerprint density at radius 3 is 2.62 bits per heavy atom. The molecule has 1 heterocycles. The fourth-order valence-corrected chi connectivity index (χ4v) is 2.22. The number of carbonyl (C=O) groups is 1. The lowest BCUT2D eigenvalue weighted by molar-refractivity contribution is 0.0635. The highest BCUT2D eigenvalue weighted by atomic mass is 79.9. The Morgan fingerprint density at radius 2 is 2.10 bits per heavy atom. The molecule has 5 nitrogen and oxygen atoms in total. The molecular formula is C15H21BrN2O3. The first-order chi connectivity index (χ1) is 9.74. The van der Waals surface area contributed by atoms with Gasteiger partial charge >= 0.3 is 6.09 Å². The fraction of sp³-hybridized carbons (Fsp3) is 0.600. The van der Waals surface area contributed by atoms with Crippen molar-refractivity contribution in [3.8, 4) is 5.88 Å². The van der Waals surface area contributed by atoms with Gasteiger partial charge in [-0.05, 0) is 69.0 Å². The zero-order chi connectivity index (χ0) is 15.6. The quantitative estimate of drug-likeness (QED) is 0.813. The number of ether oxygens (including phenoxy) is 2. The van der Waals surface area contributed by atoms with Crippen LogP contribution in [0.5, 0.6) is 5.88 Å². The summed E-state index contributed by atoms with van der Waals surface area (Å²) in [6.45, 7) is 7.37. The minimum Gasteiger partial charge on any atom is -0.474 e. The molecule has 1 aromatic rings. The number of aryl methyl sites for hydroxylation is 1. The molecule has 1 aliphatic rings. The molecule has 0 unspecified atom stereocenters. The van der Waals surface area contributed by atoms with Crippen molar-refractivity contribution in [2.45, 2.75) is 58.7 Å². The van der Waals surface area contributed by atoms with Gasteiger partial charge in [0.05, 0.1) is 5.69 Å². The number of carbonyl (C=O) groups excluding carboxylic acids is 1. The highest BCUT2D eigenvalue weighted by molar-refractivity contribution is 9.10. The molecule has 1 amide bonds. The average molecular weight is 357 g/mol. The number of halogens is 1. The topological polar surface area (TPSA) is 60.5 Å². The summed E-state index contributed by atoms with van der Waals surface area (Å²) < 4.78 is 11.6. The van der Waals surface area contributed by atoms with Gasteiger partial charge in [0.2, 0.25) is 5.88 Å². The largest absolute Gasteiger partial charge is 0.474 e. The van der Waals surface area contributed by atoms with Gasteiger partial charge in [0.25, 0.3) is 0 Å². The Hall–Kier alpha value is -1.30. The van der Waals surface area contributed by atoms with Crippen LogP contribution in [0.25, 0.3) is 0 Å². The van der Waals surface area contributed by atoms with E-state index >= 15 is 0 Å². The minimum absolute atomic E-state index is 0.271. The van der Waals surface area contributed by atoms with Crippen molar-refractivity contribution in [2.75, 3.05) is 5.32 Å². The summed E-state index contributed by atoms with van der Waals surface area (Å²) in [7, 11) is 0. The number of hydrogen-bond acceptors (Lipinski definition) is 4. The number of pyridine rings is 1. The van der Waals surface area contributed by atoms with Crippen LogP contribution < -0.4 is 10.1 Å². The highest BCUT2D eigenvalue weighted by Gasteiger charge is 2.22. The molecule has 0 saturated heterocycles. The maximum atomic E-state index is 11.8. The maximum absolute atomic E-state index is 11.8. The third-order valence-electron chi connectivity index (χ3n) is 3.09. The molecular weight excluding hydrogens is 336 g/mol. The van der Waals surface area contributed by atoms with Gasteiger partial charge in [-0.15, -0.1) is 0 Å². The molecule has 0 radical (unpaired) electrons. The van der Waals surface area contributed by atoms with Crippen molar-refractivity contribution < 1.29 is 14.3 Å². The average Bonchev–Trinajstić information content (AvgIpc) is 2.26. The number of amides is 1. The molecule has 0 bridgehead atoms. The van der Waals surface area contributed by atoms with Crippen LogP contribution in [0.15, 0.2) is 10.7 Å². The Morgan fingerprint density at radius 1 is 1.43 bits per heavy atom. The molecule has 0 atom stereocenters. The van der Waals surface area contributed by atoms with Crippen molar-refractivity contribution in [1.29, 1.82) is 0 Å². The summed E-state index contributed by atoms with van der Waals surface area (Å²) in [5, 5.41) is 2.69. The van der Waals surface area contributed by atoms with E-state index in [1.807, 2.05) is 33.8 Å². The van der Waals surface area contributed by atoms with Crippen molar-refractivity contribution in [2.24, 2.45) is 0 Å². The Kier molecular flexibility index (Phi) is 4.76. The second-order valence-electron chi connectivity index (χ2n) is 6.25. The summed E-state index contributed by atoms with van der Waals surface area (Å²) in [6, 6.07) is 1.83. The Bertz CT molecular complexity index is 536. The highest BCUT2D eigenvalue weighted by Crippen LogP contribution is 2.31. The third-order valence-corrected chi connectivity index (χ3v) is 3.69. The lowest BCUT2D eigenvalue weighted by Gasteiger charge is -2.26. The van der Waals surface area contributed by atoms with E-state index in [0.29, 0.717) is 16.2 Å².